The zero-order valence-corrected chi connectivity index (χ0v) is 11.1. The van der Waals surface area contributed by atoms with Crippen LogP contribution in [-0.2, 0) is 9.53 Å². The summed E-state index contributed by atoms with van der Waals surface area (Å²) in [5.41, 5.74) is 0.517. The fourth-order valence-electron chi connectivity index (χ4n) is 1.22. The van der Waals surface area contributed by atoms with Crippen LogP contribution in [0.15, 0.2) is 27.8 Å². The summed E-state index contributed by atoms with van der Waals surface area (Å²) in [4.78, 5) is 27.0. The second-order valence-electron chi connectivity index (χ2n) is 3.44. The van der Waals surface area contributed by atoms with Gasteiger partial charge in [-0.1, -0.05) is 0 Å². The summed E-state index contributed by atoms with van der Waals surface area (Å²) in [7, 11) is 1.29. The third-order valence-corrected chi connectivity index (χ3v) is 3.00. The number of nitrogens with zero attached hydrogens (tertiary/aromatic N) is 1. The van der Waals surface area contributed by atoms with Gasteiger partial charge >= 0.3 is 5.97 Å². The molecule has 1 N–H and O–H groups in total. The minimum atomic E-state index is -0.480. The first-order valence-electron chi connectivity index (χ1n) is 5.08. The van der Waals surface area contributed by atoms with Gasteiger partial charge in [-0.2, -0.15) is 0 Å². The maximum atomic E-state index is 11.4. The Kier molecular flexibility index (Phi) is 4.79. The molecule has 0 amide bonds. The number of carbonyl (C=O) groups excluding carboxylic acids is 2. The molecule has 0 atom stereocenters. The maximum Gasteiger partial charge on any atom is 0.350 e. The van der Waals surface area contributed by atoms with Crippen LogP contribution in [0.3, 0.4) is 0 Å². The van der Waals surface area contributed by atoms with E-state index in [2.05, 4.69) is 9.73 Å². The van der Waals surface area contributed by atoms with Crippen molar-refractivity contribution in [2.45, 2.75) is 13.8 Å². The average molecular weight is 267 g/mol. The molecule has 6 heteroatoms. The number of aliphatic hydroxyl groups is 1. The van der Waals surface area contributed by atoms with Crippen LogP contribution in [0.5, 0.6) is 0 Å². The molecule has 0 spiro atoms. The van der Waals surface area contributed by atoms with Crippen LogP contribution in [0.4, 0.5) is 5.69 Å². The molecule has 1 heterocycles. The van der Waals surface area contributed by atoms with Gasteiger partial charge in [0.15, 0.2) is 5.78 Å². The van der Waals surface area contributed by atoms with E-state index in [-0.39, 0.29) is 17.1 Å². The van der Waals surface area contributed by atoms with Gasteiger partial charge < -0.3 is 9.84 Å². The van der Waals surface area contributed by atoms with Gasteiger partial charge in [-0.3, -0.25) is 9.79 Å². The molecule has 0 saturated carbocycles. The lowest BCUT2D eigenvalue weighted by atomic mass is 10.2. The molecule has 0 aliphatic rings. The van der Waals surface area contributed by atoms with Crippen LogP contribution in [0.25, 0.3) is 0 Å². The lowest BCUT2D eigenvalue weighted by Crippen LogP contribution is -2.02. The number of methoxy groups -OCH3 is 1. The first-order chi connectivity index (χ1) is 8.47. The molecule has 0 bridgehead atoms. The molecule has 0 aliphatic heterocycles. The fraction of sp³-hybridized carbons (Fsp3) is 0.250. The number of ketones is 1. The molecule has 5 nitrogen and oxygen atoms in total. The quantitative estimate of drug-likeness (QED) is 0.394. The van der Waals surface area contributed by atoms with Crippen LogP contribution in [-0.4, -0.2) is 30.2 Å². The van der Waals surface area contributed by atoms with E-state index in [4.69, 9.17) is 0 Å². The van der Waals surface area contributed by atoms with Crippen molar-refractivity contribution >= 4 is 35.0 Å². The van der Waals surface area contributed by atoms with Gasteiger partial charge in [-0.15, -0.1) is 11.3 Å². The SMILES string of the molecule is COC(=O)c1sccc1N=C/C(C(C)=O)=C(/C)O. The van der Waals surface area contributed by atoms with Crippen molar-refractivity contribution in [2.24, 2.45) is 4.99 Å². The molecule has 1 aromatic rings. The van der Waals surface area contributed by atoms with Crippen molar-refractivity contribution in [3.63, 3.8) is 0 Å². The number of rotatable bonds is 4. The molecule has 0 aliphatic carbocycles. The molecule has 96 valence electrons. The monoisotopic (exact) mass is 267 g/mol. The normalized spacial score (nSPS) is 12.4. The third-order valence-electron chi connectivity index (χ3n) is 2.12. The number of thiophene rings is 1. The second-order valence-corrected chi connectivity index (χ2v) is 4.36. The molecular formula is C12H13NO4S. The van der Waals surface area contributed by atoms with E-state index in [1.54, 1.807) is 11.4 Å². The van der Waals surface area contributed by atoms with Crippen molar-refractivity contribution in [1.82, 2.24) is 0 Å². The predicted molar refractivity (Wildman–Crippen MR) is 69.8 cm³/mol. The first-order valence-corrected chi connectivity index (χ1v) is 5.96. The highest BCUT2D eigenvalue weighted by molar-refractivity contribution is 7.12. The highest BCUT2D eigenvalue weighted by Gasteiger charge is 2.13. The van der Waals surface area contributed by atoms with E-state index in [1.807, 2.05) is 0 Å². The third kappa shape index (κ3) is 3.27. The van der Waals surface area contributed by atoms with Crippen LogP contribution < -0.4 is 0 Å². The molecule has 1 aromatic heterocycles. The largest absolute Gasteiger partial charge is 0.512 e. The lowest BCUT2D eigenvalue weighted by molar-refractivity contribution is -0.113. The Morgan fingerprint density at radius 1 is 1.44 bits per heavy atom. The number of esters is 1. The summed E-state index contributed by atoms with van der Waals surface area (Å²) >= 11 is 1.20. The number of aliphatic imine (C=N–C) groups is 1. The molecular weight excluding hydrogens is 254 g/mol. The van der Waals surface area contributed by atoms with Gasteiger partial charge in [0.25, 0.3) is 0 Å². The molecule has 18 heavy (non-hydrogen) atoms. The highest BCUT2D eigenvalue weighted by atomic mass is 32.1. The molecule has 0 saturated heterocycles. The van der Waals surface area contributed by atoms with Gasteiger partial charge in [-0.05, 0) is 25.3 Å². The molecule has 0 unspecified atom stereocenters. The molecule has 0 fully saturated rings. The minimum absolute atomic E-state index is 0.108. The van der Waals surface area contributed by atoms with Gasteiger partial charge in [0.2, 0.25) is 0 Å². The number of hydrogen-bond donors (Lipinski definition) is 1. The van der Waals surface area contributed by atoms with Crippen LogP contribution in [0.2, 0.25) is 0 Å². The summed E-state index contributed by atoms with van der Waals surface area (Å²) in [5, 5.41) is 11.0. The predicted octanol–water partition coefficient (Wildman–Crippen LogP) is 2.66. The van der Waals surface area contributed by atoms with Crippen molar-refractivity contribution in [3.8, 4) is 0 Å². The van der Waals surface area contributed by atoms with E-state index >= 15 is 0 Å². The zero-order chi connectivity index (χ0) is 13.7. The van der Waals surface area contributed by atoms with E-state index in [0.717, 1.165) is 0 Å². The lowest BCUT2D eigenvalue weighted by Gasteiger charge is -1.99. The fourth-order valence-corrected chi connectivity index (χ4v) is 1.98. The number of allylic oxidation sites excluding steroid dienone is 2. The summed E-state index contributed by atoms with van der Waals surface area (Å²) in [6, 6.07) is 1.64. The van der Waals surface area contributed by atoms with Crippen LogP contribution in [0, 0.1) is 0 Å². The number of Topliss-reactive ketones (excluding diaryl/α,β-unsaturated/α-hetero) is 1. The number of carbonyl (C=O) groups is 2. The van der Waals surface area contributed by atoms with E-state index < -0.39 is 5.97 Å². The van der Waals surface area contributed by atoms with Crippen molar-refractivity contribution in [1.29, 1.82) is 0 Å². The van der Waals surface area contributed by atoms with Gasteiger partial charge in [0.1, 0.15) is 10.6 Å². The Hall–Kier alpha value is -1.95. The summed E-state index contributed by atoms with van der Waals surface area (Å²) in [5.74, 6) is -0.888. The Morgan fingerprint density at radius 3 is 2.61 bits per heavy atom. The van der Waals surface area contributed by atoms with Crippen molar-refractivity contribution in [2.75, 3.05) is 7.11 Å². The summed E-state index contributed by atoms with van der Waals surface area (Å²) in [6.07, 6.45) is 1.24. The van der Waals surface area contributed by atoms with Gasteiger partial charge in [0.05, 0.1) is 18.4 Å². The van der Waals surface area contributed by atoms with Crippen LogP contribution >= 0.6 is 11.3 Å². The van der Waals surface area contributed by atoms with E-state index in [0.29, 0.717) is 10.6 Å². The number of aliphatic hydroxyl groups excluding tert-OH is 1. The van der Waals surface area contributed by atoms with Crippen LogP contribution in [0.1, 0.15) is 23.5 Å². The standard InChI is InChI=1S/C12H13NO4S/c1-7(14)9(8(2)15)6-13-10-4-5-18-11(10)12(16)17-3/h4-6,14H,1-3H3/b9-7+,13-6?. The zero-order valence-electron chi connectivity index (χ0n) is 10.3. The summed E-state index contributed by atoms with van der Waals surface area (Å²) < 4.78 is 4.61. The molecule has 0 radical (unpaired) electrons. The van der Waals surface area contributed by atoms with E-state index in [1.165, 1.54) is 38.5 Å². The second kappa shape index (κ2) is 6.11. The minimum Gasteiger partial charge on any atom is -0.512 e. The summed E-state index contributed by atoms with van der Waals surface area (Å²) in [6.45, 7) is 2.73. The molecule has 1 rings (SSSR count). The maximum absolute atomic E-state index is 11.4. The first kappa shape index (κ1) is 14.1. The topological polar surface area (TPSA) is 76.0 Å². The highest BCUT2D eigenvalue weighted by Crippen LogP contribution is 2.25. The Bertz CT molecular complexity index is 524. The van der Waals surface area contributed by atoms with E-state index in [9.17, 15) is 14.7 Å². The van der Waals surface area contributed by atoms with Crippen molar-refractivity contribution < 1.29 is 19.4 Å². The Labute approximate surface area is 108 Å². The van der Waals surface area contributed by atoms with Gasteiger partial charge in [-0.25, -0.2) is 4.79 Å². The number of ether oxygens (including phenoxy) is 1. The smallest absolute Gasteiger partial charge is 0.350 e. The van der Waals surface area contributed by atoms with Gasteiger partial charge in [0, 0.05) is 6.21 Å². The number of hydrogen-bond acceptors (Lipinski definition) is 6. The Morgan fingerprint density at radius 2 is 2.11 bits per heavy atom. The molecule has 0 aromatic carbocycles. The average Bonchev–Trinajstić information content (AvgIpc) is 2.75. The van der Waals surface area contributed by atoms with Crippen molar-refractivity contribution in [3.05, 3.63) is 27.7 Å². The Balaban J connectivity index is 3.05.